The summed E-state index contributed by atoms with van der Waals surface area (Å²) in [5.41, 5.74) is 2.55. The molecule has 1 aliphatic rings. The molecule has 2 nitrogen and oxygen atoms in total. The van der Waals surface area contributed by atoms with Crippen LogP contribution in [0.3, 0.4) is 0 Å². The number of aryl methyl sites for hydroxylation is 1. The Balaban J connectivity index is 2.14. The van der Waals surface area contributed by atoms with E-state index in [4.69, 9.17) is 0 Å². The van der Waals surface area contributed by atoms with Crippen molar-refractivity contribution in [3.63, 3.8) is 0 Å². The molecule has 1 aliphatic heterocycles. The zero-order valence-electron chi connectivity index (χ0n) is 10.4. The van der Waals surface area contributed by atoms with Crippen LogP contribution < -0.4 is 4.90 Å². The second-order valence-electron chi connectivity index (χ2n) is 5.55. The molecule has 0 amide bonds. The van der Waals surface area contributed by atoms with Crippen LogP contribution in [0.25, 0.3) is 0 Å². The van der Waals surface area contributed by atoms with Crippen LogP contribution in [-0.4, -0.2) is 24.3 Å². The predicted octanol–water partition coefficient (Wildman–Crippen LogP) is 2.59. The van der Waals surface area contributed by atoms with Gasteiger partial charge in [0.1, 0.15) is 0 Å². The molecule has 1 aromatic rings. The zero-order chi connectivity index (χ0) is 11.8. The number of rotatable bonds is 1. The molecule has 0 aliphatic carbocycles. The number of aliphatic hydroxyl groups is 1. The van der Waals surface area contributed by atoms with Gasteiger partial charge < -0.3 is 10.0 Å². The Morgan fingerprint density at radius 3 is 2.44 bits per heavy atom. The van der Waals surface area contributed by atoms with E-state index in [-0.39, 0.29) is 11.5 Å². The number of benzene rings is 1. The topological polar surface area (TPSA) is 23.5 Å². The van der Waals surface area contributed by atoms with E-state index in [9.17, 15) is 5.11 Å². The fraction of sp³-hybridized carbons (Fsp3) is 0.571. The number of anilines is 1. The van der Waals surface area contributed by atoms with E-state index in [1.54, 1.807) is 0 Å². The summed E-state index contributed by atoms with van der Waals surface area (Å²) in [6, 6.07) is 8.63. The van der Waals surface area contributed by atoms with Gasteiger partial charge >= 0.3 is 0 Å². The van der Waals surface area contributed by atoms with Crippen molar-refractivity contribution in [2.24, 2.45) is 5.41 Å². The smallest absolute Gasteiger partial charge is 0.0624 e. The number of aliphatic hydroxyl groups excluding tert-OH is 1. The molecule has 1 fully saturated rings. The molecule has 1 unspecified atom stereocenters. The first kappa shape index (κ1) is 11.5. The lowest BCUT2D eigenvalue weighted by Gasteiger charge is -2.43. The minimum absolute atomic E-state index is 0.0108. The van der Waals surface area contributed by atoms with Gasteiger partial charge in [-0.3, -0.25) is 0 Å². The van der Waals surface area contributed by atoms with Gasteiger partial charge in [-0.1, -0.05) is 31.5 Å². The maximum atomic E-state index is 9.92. The van der Waals surface area contributed by atoms with Crippen LogP contribution in [0.2, 0.25) is 0 Å². The highest BCUT2D eigenvalue weighted by Gasteiger charge is 2.34. The van der Waals surface area contributed by atoms with E-state index in [2.05, 4.69) is 49.9 Å². The van der Waals surface area contributed by atoms with Crippen LogP contribution in [0.4, 0.5) is 5.69 Å². The van der Waals surface area contributed by atoms with E-state index in [1.165, 1.54) is 11.3 Å². The Morgan fingerprint density at radius 1 is 1.25 bits per heavy atom. The van der Waals surface area contributed by atoms with E-state index in [0.29, 0.717) is 0 Å². The highest BCUT2D eigenvalue weighted by Crippen LogP contribution is 2.31. The molecular formula is C14H21NO. The lowest BCUT2D eigenvalue weighted by atomic mass is 9.81. The molecule has 1 N–H and O–H groups in total. The van der Waals surface area contributed by atoms with Gasteiger partial charge in [-0.25, -0.2) is 0 Å². The predicted molar refractivity (Wildman–Crippen MR) is 67.8 cm³/mol. The standard InChI is InChI=1S/C14H21NO/c1-11-4-6-12(7-5-11)15-9-8-13(16)14(2,3)10-15/h4-7,13,16H,8-10H2,1-3H3. The molecule has 2 heteroatoms. The van der Waals surface area contributed by atoms with Crippen LogP contribution in [0, 0.1) is 12.3 Å². The van der Waals surface area contributed by atoms with Crippen molar-refractivity contribution in [2.45, 2.75) is 33.3 Å². The van der Waals surface area contributed by atoms with Crippen molar-refractivity contribution in [1.29, 1.82) is 0 Å². The summed E-state index contributed by atoms with van der Waals surface area (Å²) in [6.07, 6.45) is 0.690. The number of piperidine rings is 1. The number of hydrogen-bond donors (Lipinski definition) is 1. The highest BCUT2D eigenvalue weighted by atomic mass is 16.3. The highest BCUT2D eigenvalue weighted by molar-refractivity contribution is 5.48. The molecule has 0 bridgehead atoms. The first-order chi connectivity index (χ1) is 7.49. The maximum absolute atomic E-state index is 9.92. The molecule has 0 saturated carbocycles. The molecule has 1 saturated heterocycles. The molecule has 2 rings (SSSR count). The Labute approximate surface area is 97.9 Å². The molecule has 1 heterocycles. The fourth-order valence-electron chi connectivity index (χ4n) is 2.32. The van der Waals surface area contributed by atoms with Gasteiger partial charge in [-0.05, 0) is 25.5 Å². The largest absolute Gasteiger partial charge is 0.392 e. The summed E-state index contributed by atoms with van der Waals surface area (Å²) < 4.78 is 0. The van der Waals surface area contributed by atoms with Gasteiger partial charge in [-0.2, -0.15) is 0 Å². The first-order valence-electron chi connectivity index (χ1n) is 5.99. The number of hydrogen-bond acceptors (Lipinski definition) is 2. The second-order valence-corrected chi connectivity index (χ2v) is 5.55. The minimum atomic E-state index is -0.172. The Morgan fingerprint density at radius 2 is 1.88 bits per heavy atom. The van der Waals surface area contributed by atoms with Crippen LogP contribution >= 0.6 is 0 Å². The summed E-state index contributed by atoms with van der Waals surface area (Å²) in [7, 11) is 0. The van der Waals surface area contributed by atoms with Crippen LogP contribution in [0.5, 0.6) is 0 Å². The monoisotopic (exact) mass is 219 g/mol. The molecule has 0 aromatic heterocycles. The Bertz CT molecular complexity index is 356. The normalized spacial score (nSPS) is 24.5. The van der Waals surface area contributed by atoms with E-state index in [0.717, 1.165) is 19.5 Å². The lowest BCUT2D eigenvalue weighted by molar-refractivity contribution is 0.0336. The first-order valence-corrected chi connectivity index (χ1v) is 5.99. The minimum Gasteiger partial charge on any atom is -0.392 e. The average Bonchev–Trinajstić information content (AvgIpc) is 2.23. The van der Waals surface area contributed by atoms with Gasteiger partial charge in [0.2, 0.25) is 0 Å². The van der Waals surface area contributed by atoms with Crippen LogP contribution in [0.1, 0.15) is 25.8 Å². The Hall–Kier alpha value is -1.02. The molecule has 0 spiro atoms. The molecule has 16 heavy (non-hydrogen) atoms. The molecule has 0 radical (unpaired) electrons. The zero-order valence-corrected chi connectivity index (χ0v) is 10.4. The summed E-state index contributed by atoms with van der Waals surface area (Å²) in [4.78, 5) is 2.37. The quantitative estimate of drug-likeness (QED) is 0.784. The van der Waals surface area contributed by atoms with Crippen molar-refractivity contribution in [3.05, 3.63) is 29.8 Å². The van der Waals surface area contributed by atoms with Gasteiger partial charge in [-0.15, -0.1) is 0 Å². The SMILES string of the molecule is Cc1ccc(N2CCC(O)C(C)(C)C2)cc1. The van der Waals surface area contributed by atoms with Gasteiger partial charge in [0.05, 0.1) is 6.10 Å². The van der Waals surface area contributed by atoms with Crippen molar-refractivity contribution >= 4 is 5.69 Å². The average molecular weight is 219 g/mol. The molecule has 1 atom stereocenters. The van der Waals surface area contributed by atoms with E-state index in [1.807, 2.05) is 0 Å². The third-order valence-electron chi connectivity index (χ3n) is 3.57. The van der Waals surface area contributed by atoms with Crippen LogP contribution in [-0.2, 0) is 0 Å². The van der Waals surface area contributed by atoms with Gasteiger partial charge in [0.25, 0.3) is 0 Å². The third kappa shape index (κ3) is 2.22. The summed E-state index contributed by atoms with van der Waals surface area (Å²) >= 11 is 0. The number of nitrogens with zero attached hydrogens (tertiary/aromatic N) is 1. The summed E-state index contributed by atoms with van der Waals surface area (Å²) in [5.74, 6) is 0. The van der Waals surface area contributed by atoms with Gasteiger partial charge in [0, 0.05) is 24.2 Å². The molecule has 88 valence electrons. The summed E-state index contributed by atoms with van der Waals surface area (Å²) in [6.45, 7) is 8.26. The Kier molecular flexibility index (Phi) is 2.94. The van der Waals surface area contributed by atoms with Crippen molar-refractivity contribution < 1.29 is 5.11 Å². The lowest BCUT2D eigenvalue weighted by Crippen LogP contribution is -2.48. The van der Waals surface area contributed by atoms with E-state index >= 15 is 0 Å². The van der Waals surface area contributed by atoms with E-state index < -0.39 is 0 Å². The van der Waals surface area contributed by atoms with Gasteiger partial charge in [0.15, 0.2) is 0 Å². The van der Waals surface area contributed by atoms with Crippen LogP contribution in [0.15, 0.2) is 24.3 Å². The maximum Gasteiger partial charge on any atom is 0.0624 e. The van der Waals surface area contributed by atoms with Crippen molar-refractivity contribution in [1.82, 2.24) is 0 Å². The molecule has 1 aromatic carbocycles. The third-order valence-corrected chi connectivity index (χ3v) is 3.57. The van der Waals surface area contributed by atoms with Crippen molar-refractivity contribution in [3.8, 4) is 0 Å². The fourth-order valence-corrected chi connectivity index (χ4v) is 2.32. The second kappa shape index (κ2) is 4.10. The summed E-state index contributed by atoms with van der Waals surface area (Å²) in [5, 5.41) is 9.92. The van der Waals surface area contributed by atoms with Crippen molar-refractivity contribution in [2.75, 3.05) is 18.0 Å². The molecular weight excluding hydrogens is 198 g/mol.